The second kappa shape index (κ2) is 5.99. The number of benzene rings is 1. The summed E-state index contributed by atoms with van der Waals surface area (Å²) in [7, 11) is 0. The molecule has 1 heterocycles. The number of alkyl halides is 3. The zero-order valence-electron chi connectivity index (χ0n) is 12.7. The molecule has 2 rings (SSSR count). The molecule has 0 aliphatic rings. The van der Waals surface area contributed by atoms with Crippen LogP contribution in [-0.4, -0.2) is 4.98 Å². The largest absolute Gasteiger partial charge is 0.487 e. The van der Waals surface area contributed by atoms with Crippen LogP contribution in [0, 0.1) is 0 Å². The SMILES string of the molecule is CC(C)(C)c1ccc(OCc2ccccc2C(F)(F)F)cn1. The van der Waals surface area contributed by atoms with Gasteiger partial charge in [-0.15, -0.1) is 0 Å². The van der Waals surface area contributed by atoms with E-state index in [-0.39, 0.29) is 17.6 Å². The third-order valence-corrected chi connectivity index (χ3v) is 3.22. The van der Waals surface area contributed by atoms with Gasteiger partial charge in [-0.2, -0.15) is 13.2 Å². The first-order chi connectivity index (χ1) is 10.2. The van der Waals surface area contributed by atoms with Gasteiger partial charge in [0.15, 0.2) is 0 Å². The Labute approximate surface area is 128 Å². The first kappa shape index (κ1) is 16.3. The average Bonchev–Trinajstić information content (AvgIpc) is 2.44. The topological polar surface area (TPSA) is 22.1 Å². The second-order valence-electron chi connectivity index (χ2n) is 6.07. The van der Waals surface area contributed by atoms with Gasteiger partial charge in [0.05, 0.1) is 11.8 Å². The molecule has 5 heteroatoms. The summed E-state index contributed by atoms with van der Waals surface area (Å²) in [4.78, 5) is 4.29. The van der Waals surface area contributed by atoms with Gasteiger partial charge in [-0.1, -0.05) is 39.0 Å². The van der Waals surface area contributed by atoms with Crippen molar-refractivity contribution in [2.75, 3.05) is 0 Å². The van der Waals surface area contributed by atoms with Crippen molar-refractivity contribution in [1.82, 2.24) is 4.98 Å². The lowest BCUT2D eigenvalue weighted by Crippen LogP contribution is -2.13. The maximum Gasteiger partial charge on any atom is 0.416 e. The van der Waals surface area contributed by atoms with Crippen molar-refractivity contribution in [2.24, 2.45) is 0 Å². The van der Waals surface area contributed by atoms with E-state index in [9.17, 15) is 13.2 Å². The van der Waals surface area contributed by atoms with Crippen molar-refractivity contribution in [3.8, 4) is 5.75 Å². The molecule has 0 aliphatic carbocycles. The van der Waals surface area contributed by atoms with Gasteiger partial charge >= 0.3 is 6.18 Å². The van der Waals surface area contributed by atoms with Gasteiger partial charge in [-0.05, 0) is 18.2 Å². The molecule has 1 aromatic heterocycles. The summed E-state index contributed by atoms with van der Waals surface area (Å²) >= 11 is 0. The molecule has 0 unspecified atom stereocenters. The van der Waals surface area contributed by atoms with Gasteiger partial charge in [-0.25, -0.2) is 0 Å². The van der Waals surface area contributed by atoms with Crippen molar-refractivity contribution in [3.63, 3.8) is 0 Å². The highest BCUT2D eigenvalue weighted by Crippen LogP contribution is 2.32. The maximum atomic E-state index is 12.9. The number of halogens is 3. The fourth-order valence-corrected chi connectivity index (χ4v) is 1.99. The molecular weight excluding hydrogens is 291 g/mol. The van der Waals surface area contributed by atoms with Gasteiger partial charge in [0.25, 0.3) is 0 Å². The zero-order valence-corrected chi connectivity index (χ0v) is 12.7. The highest BCUT2D eigenvalue weighted by Gasteiger charge is 2.32. The number of pyridine rings is 1. The number of aromatic nitrogens is 1. The van der Waals surface area contributed by atoms with Crippen molar-refractivity contribution >= 4 is 0 Å². The Morgan fingerprint density at radius 2 is 1.68 bits per heavy atom. The fraction of sp³-hybridized carbons (Fsp3) is 0.353. The zero-order chi connectivity index (χ0) is 16.4. The molecule has 0 saturated heterocycles. The highest BCUT2D eigenvalue weighted by atomic mass is 19.4. The van der Waals surface area contributed by atoms with Gasteiger partial charge in [0, 0.05) is 16.7 Å². The highest BCUT2D eigenvalue weighted by molar-refractivity contribution is 5.30. The van der Waals surface area contributed by atoms with Crippen LogP contribution >= 0.6 is 0 Å². The quantitative estimate of drug-likeness (QED) is 0.798. The summed E-state index contributed by atoms with van der Waals surface area (Å²) in [5, 5.41) is 0. The molecule has 0 atom stereocenters. The monoisotopic (exact) mass is 309 g/mol. The van der Waals surface area contributed by atoms with E-state index in [1.54, 1.807) is 12.1 Å². The van der Waals surface area contributed by atoms with E-state index in [0.29, 0.717) is 5.75 Å². The molecule has 0 saturated carbocycles. The van der Waals surface area contributed by atoms with Crippen LogP contribution in [0.15, 0.2) is 42.6 Å². The molecule has 22 heavy (non-hydrogen) atoms. The molecule has 0 spiro atoms. The molecule has 0 bridgehead atoms. The Kier molecular flexibility index (Phi) is 4.44. The van der Waals surface area contributed by atoms with Crippen LogP contribution in [0.25, 0.3) is 0 Å². The van der Waals surface area contributed by atoms with Gasteiger partial charge in [-0.3, -0.25) is 4.98 Å². The van der Waals surface area contributed by atoms with Crippen molar-refractivity contribution in [1.29, 1.82) is 0 Å². The van der Waals surface area contributed by atoms with Crippen LogP contribution in [0.3, 0.4) is 0 Å². The molecule has 0 aliphatic heterocycles. The summed E-state index contributed by atoms with van der Waals surface area (Å²) < 4.78 is 44.1. The third kappa shape index (κ3) is 4.00. The summed E-state index contributed by atoms with van der Waals surface area (Å²) in [6.45, 7) is 5.96. The number of ether oxygens (including phenoxy) is 1. The lowest BCUT2D eigenvalue weighted by atomic mass is 9.92. The molecular formula is C17H18F3NO. The minimum Gasteiger partial charge on any atom is -0.487 e. The van der Waals surface area contributed by atoms with E-state index in [2.05, 4.69) is 4.98 Å². The van der Waals surface area contributed by atoms with Crippen LogP contribution < -0.4 is 4.74 Å². The summed E-state index contributed by atoms with van der Waals surface area (Å²) in [5.41, 5.74) is 0.251. The van der Waals surface area contributed by atoms with Crippen LogP contribution in [-0.2, 0) is 18.2 Å². The lowest BCUT2D eigenvalue weighted by Gasteiger charge is -2.18. The van der Waals surface area contributed by atoms with Gasteiger partial charge in [0.1, 0.15) is 12.4 Å². The standard InChI is InChI=1S/C17H18F3NO/c1-16(2,3)15-9-8-13(10-21-15)22-11-12-6-4-5-7-14(12)17(18,19)20/h4-10H,11H2,1-3H3. The Balaban J connectivity index is 2.11. The molecule has 1 aromatic carbocycles. The van der Waals surface area contributed by atoms with Crippen molar-refractivity contribution in [3.05, 3.63) is 59.4 Å². The minimum atomic E-state index is -4.38. The third-order valence-electron chi connectivity index (χ3n) is 3.22. The number of hydrogen-bond acceptors (Lipinski definition) is 2. The van der Waals surface area contributed by atoms with E-state index in [0.717, 1.165) is 11.8 Å². The first-order valence-electron chi connectivity index (χ1n) is 6.92. The first-order valence-corrected chi connectivity index (χ1v) is 6.92. The van der Waals surface area contributed by atoms with E-state index in [4.69, 9.17) is 4.74 Å². The van der Waals surface area contributed by atoms with Crippen molar-refractivity contribution < 1.29 is 17.9 Å². The van der Waals surface area contributed by atoms with Crippen LogP contribution in [0.5, 0.6) is 5.75 Å². The average molecular weight is 309 g/mol. The normalized spacial score (nSPS) is 12.3. The van der Waals surface area contributed by atoms with Crippen molar-refractivity contribution in [2.45, 2.75) is 39.0 Å². The van der Waals surface area contributed by atoms with E-state index in [1.807, 2.05) is 26.8 Å². The van der Waals surface area contributed by atoms with Crippen LogP contribution in [0.2, 0.25) is 0 Å². The Hall–Kier alpha value is -2.04. The predicted molar refractivity (Wildman–Crippen MR) is 78.7 cm³/mol. The molecule has 2 aromatic rings. The molecule has 118 valence electrons. The molecule has 0 radical (unpaired) electrons. The Morgan fingerprint density at radius 3 is 2.23 bits per heavy atom. The van der Waals surface area contributed by atoms with Crippen LogP contribution in [0.4, 0.5) is 13.2 Å². The minimum absolute atomic E-state index is 0.0819. The molecule has 0 N–H and O–H groups in total. The predicted octanol–water partition coefficient (Wildman–Crippen LogP) is 4.98. The number of nitrogens with zero attached hydrogens (tertiary/aromatic N) is 1. The number of rotatable bonds is 3. The van der Waals surface area contributed by atoms with E-state index in [1.165, 1.54) is 18.3 Å². The Morgan fingerprint density at radius 1 is 1.00 bits per heavy atom. The van der Waals surface area contributed by atoms with Crippen LogP contribution in [0.1, 0.15) is 37.6 Å². The maximum absolute atomic E-state index is 12.9. The fourth-order valence-electron chi connectivity index (χ4n) is 1.99. The summed E-state index contributed by atoms with van der Waals surface area (Å²) in [6, 6.07) is 8.95. The lowest BCUT2D eigenvalue weighted by molar-refractivity contribution is -0.138. The molecule has 0 amide bonds. The summed E-state index contributed by atoms with van der Waals surface area (Å²) in [6.07, 6.45) is -2.84. The second-order valence-corrected chi connectivity index (χ2v) is 6.07. The van der Waals surface area contributed by atoms with Gasteiger partial charge < -0.3 is 4.74 Å². The Bertz CT molecular complexity index is 628. The number of hydrogen-bond donors (Lipinski definition) is 0. The molecule has 2 nitrogen and oxygen atoms in total. The summed E-state index contributed by atoms with van der Waals surface area (Å²) in [5.74, 6) is 0.449. The molecule has 0 fully saturated rings. The van der Waals surface area contributed by atoms with E-state index >= 15 is 0 Å². The van der Waals surface area contributed by atoms with E-state index < -0.39 is 11.7 Å². The smallest absolute Gasteiger partial charge is 0.416 e. The van der Waals surface area contributed by atoms with Gasteiger partial charge in [0.2, 0.25) is 0 Å².